The van der Waals surface area contributed by atoms with Crippen molar-refractivity contribution >= 4 is 0 Å². The van der Waals surface area contributed by atoms with Crippen LogP contribution in [-0.4, -0.2) is 36.7 Å². The maximum atomic E-state index is 5.65. The van der Waals surface area contributed by atoms with E-state index < -0.39 is 0 Å². The molecular weight excluding hydrogens is 150 g/mol. The minimum Gasteiger partial charge on any atom is -0.373 e. The van der Waals surface area contributed by atoms with Crippen LogP contribution in [0.1, 0.15) is 33.6 Å². The van der Waals surface area contributed by atoms with Gasteiger partial charge in [0.2, 0.25) is 0 Å². The highest BCUT2D eigenvalue weighted by atomic mass is 16.5. The Morgan fingerprint density at radius 1 is 1.25 bits per heavy atom. The Labute approximate surface area is 75.9 Å². The molecule has 2 nitrogen and oxygen atoms in total. The van der Waals surface area contributed by atoms with Crippen LogP contribution in [0.5, 0.6) is 0 Å². The zero-order chi connectivity index (χ0) is 8.97. The molecule has 1 rings (SSSR count). The largest absolute Gasteiger partial charge is 0.373 e. The fourth-order valence-electron chi connectivity index (χ4n) is 1.85. The Bertz CT molecular complexity index is 117. The summed E-state index contributed by atoms with van der Waals surface area (Å²) in [6.45, 7) is 10.0. The molecule has 0 bridgehead atoms. The molecule has 0 aromatic heterocycles. The van der Waals surface area contributed by atoms with Gasteiger partial charge < -0.3 is 4.74 Å². The summed E-state index contributed by atoms with van der Waals surface area (Å²) in [6, 6.07) is 0. The second-order valence-corrected chi connectivity index (χ2v) is 3.87. The highest BCUT2D eigenvalue weighted by molar-refractivity contribution is 4.72. The van der Waals surface area contributed by atoms with E-state index in [1.165, 1.54) is 19.4 Å². The molecule has 0 aromatic carbocycles. The van der Waals surface area contributed by atoms with Crippen molar-refractivity contribution in [1.82, 2.24) is 4.90 Å². The fourth-order valence-corrected chi connectivity index (χ4v) is 1.85. The third-order valence-electron chi connectivity index (χ3n) is 2.32. The van der Waals surface area contributed by atoms with Gasteiger partial charge in [0.15, 0.2) is 0 Å². The molecule has 12 heavy (non-hydrogen) atoms. The van der Waals surface area contributed by atoms with Gasteiger partial charge in [-0.05, 0) is 26.8 Å². The Kier molecular flexibility index (Phi) is 4.02. The van der Waals surface area contributed by atoms with E-state index in [0.717, 1.165) is 13.1 Å². The zero-order valence-electron chi connectivity index (χ0n) is 8.55. The van der Waals surface area contributed by atoms with E-state index in [1.807, 2.05) is 0 Å². The van der Waals surface area contributed by atoms with Gasteiger partial charge in [-0.25, -0.2) is 0 Å². The van der Waals surface area contributed by atoms with Gasteiger partial charge in [0.1, 0.15) is 0 Å². The summed E-state index contributed by atoms with van der Waals surface area (Å²) in [4.78, 5) is 2.52. The van der Waals surface area contributed by atoms with Crippen molar-refractivity contribution in [2.75, 3.05) is 19.6 Å². The minimum atomic E-state index is 0.422. The first-order valence-corrected chi connectivity index (χ1v) is 5.10. The van der Waals surface area contributed by atoms with Crippen molar-refractivity contribution in [2.45, 2.75) is 45.8 Å². The monoisotopic (exact) mass is 171 g/mol. The van der Waals surface area contributed by atoms with Crippen molar-refractivity contribution in [3.63, 3.8) is 0 Å². The van der Waals surface area contributed by atoms with Gasteiger partial charge in [-0.15, -0.1) is 0 Å². The van der Waals surface area contributed by atoms with E-state index in [1.54, 1.807) is 0 Å². The van der Waals surface area contributed by atoms with E-state index in [4.69, 9.17) is 4.74 Å². The lowest BCUT2D eigenvalue weighted by molar-refractivity contribution is -0.0680. The summed E-state index contributed by atoms with van der Waals surface area (Å²) < 4.78 is 5.65. The quantitative estimate of drug-likeness (QED) is 0.643. The second kappa shape index (κ2) is 4.83. The summed E-state index contributed by atoms with van der Waals surface area (Å²) >= 11 is 0. The number of nitrogens with zero attached hydrogens (tertiary/aromatic N) is 1. The predicted molar refractivity (Wildman–Crippen MR) is 51.4 cm³/mol. The van der Waals surface area contributed by atoms with Crippen LogP contribution in [0.15, 0.2) is 0 Å². The van der Waals surface area contributed by atoms with Gasteiger partial charge in [0, 0.05) is 13.1 Å². The number of hydrogen-bond donors (Lipinski definition) is 0. The van der Waals surface area contributed by atoms with Crippen LogP contribution in [0, 0.1) is 0 Å². The van der Waals surface area contributed by atoms with Crippen LogP contribution in [-0.2, 0) is 4.74 Å². The number of unbranched alkanes of at least 4 members (excludes halogenated alkanes) is 1. The van der Waals surface area contributed by atoms with Crippen molar-refractivity contribution in [3.8, 4) is 0 Å². The molecule has 0 aromatic rings. The van der Waals surface area contributed by atoms with Crippen molar-refractivity contribution in [3.05, 3.63) is 0 Å². The van der Waals surface area contributed by atoms with Gasteiger partial charge in [0.25, 0.3) is 0 Å². The summed E-state index contributed by atoms with van der Waals surface area (Å²) in [7, 11) is 0. The molecule has 0 amide bonds. The first-order chi connectivity index (χ1) is 5.72. The smallest absolute Gasteiger partial charge is 0.0678 e. The molecule has 0 N–H and O–H groups in total. The maximum absolute atomic E-state index is 5.65. The van der Waals surface area contributed by atoms with Crippen molar-refractivity contribution < 1.29 is 4.74 Å². The molecule has 1 saturated heterocycles. The summed E-state index contributed by atoms with van der Waals surface area (Å²) in [6.07, 6.45) is 3.45. The van der Waals surface area contributed by atoms with Crippen LogP contribution in [0.4, 0.5) is 0 Å². The van der Waals surface area contributed by atoms with E-state index in [-0.39, 0.29) is 0 Å². The van der Waals surface area contributed by atoms with Crippen LogP contribution in [0.25, 0.3) is 0 Å². The number of rotatable bonds is 3. The average Bonchev–Trinajstić information content (AvgIpc) is 1.99. The fraction of sp³-hybridized carbons (Fsp3) is 1.00. The van der Waals surface area contributed by atoms with Crippen LogP contribution >= 0.6 is 0 Å². The highest BCUT2D eigenvalue weighted by Crippen LogP contribution is 2.10. The molecule has 0 saturated carbocycles. The van der Waals surface area contributed by atoms with Crippen LogP contribution in [0.2, 0.25) is 0 Å². The Balaban J connectivity index is 2.24. The normalized spacial score (nSPS) is 32.2. The van der Waals surface area contributed by atoms with Crippen LogP contribution < -0.4 is 0 Å². The topological polar surface area (TPSA) is 12.5 Å². The van der Waals surface area contributed by atoms with Gasteiger partial charge in [-0.1, -0.05) is 13.3 Å². The van der Waals surface area contributed by atoms with Gasteiger partial charge in [-0.2, -0.15) is 0 Å². The molecule has 0 aliphatic carbocycles. The number of ether oxygens (including phenoxy) is 1. The first kappa shape index (κ1) is 10.0. The molecular formula is C10H21NO. The Hall–Kier alpha value is -0.0800. The lowest BCUT2D eigenvalue weighted by Crippen LogP contribution is -2.45. The van der Waals surface area contributed by atoms with Crippen LogP contribution in [0.3, 0.4) is 0 Å². The SMILES string of the molecule is CCCCN1CC(C)O[C@@H](C)C1. The van der Waals surface area contributed by atoms with E-state index in [2.05, 4.69) is 25.7 Å². The zero-order valence-corrected chi connectivity index (χ0v) is 8.55. The molecule has 1 heterocycles. The number of hydrogen-bond acceptors (Lipinski definition) is 2. The summed E-state index contributed by atoms with van der Waals surface area (Å²) in [5, 5.41) is 0. The van der Waals surface area contributed by atoms with Crippen molar-refractivity contribution in [2.24, 2.45) is 0 Å². The summed E-state index contributed by atoms with van der Waals surface area (Å²) in [5.41, 5.74) is 0. The molecule has 2 heteroatoms. The standard InChI is InChI=1S/C10H21NO/c1-4-5-6-11-7-9(2)12-10(3)8-11/h9-10H,4-8H2,1-3H3/t9-,10?/m0/s1. The average molecular weight is 171 g/mol. The predicted octanol–water partition coefficient (Wildman–Crippen LogP) is 1.90. The molecule has 1 fully saturated rings. The second-order valence-electron chi connectivity index (χ2n) is 3.87. The number of morpholine rings is 1. The van der Waals surface area contributed by atoms with Crippen molar-refractivity contribution in [1.29, 1.82) is 0 Å². The Morgan fingerprint density at radius 3 is 2.33 bits per heavy atom. The summed E-state index contributed by atoms with van der Waals surface area (Å²) in [5.74, 6) is 0. The lowest BCUT2D eigenvalue weighted by atomic mass is 10.2. The molecule has 2 atom stereocenters. The highest BCUT2D eigenvalue weighted by Gasteiger charge is 2.20. The molecule has 0 spiro atoms. The minimum absolute atomic E-state index is 0.422. The van der Waals surface area contributed by atoms with Gasteiger partial charge in [0.05, 0.1) is 12.2 Å². The first-order valence-electron chi connectivity index (χ1n) is 5.10. The molecule has 1 unspecified atom stereocenters. The third kappa shape index (κ3) is 3.11. The molecule has 1 aliphatic heterocycles. The third-order valence-corrected chi connectivity index (χ3v) is 2.32. The maximum Gasteiger partial charge on any atom is 0.0678 e. The van der Waals surface area contributed by atoms with Gasteiger partial charge >= 0.3 is 0 Å². The lowest BCUT2D eigenvalue weighted by Gasteiger charge is -2.35. The van der Waals surface area contributed by atoms with Gasteiger partial charge in [-0.3, -0.25) is 4.90 Å². The Morgan fingerprint density at radius 2 is 1.83 bits per heavy atom. The molecule has 72 valence electrons. The molecule has 0 radical (unpaired) electrons. The van der Waals surface area contributed by atoms with E-state index >= 15 is 0 Å². The van der Waals surface area contributed by atoms with E-state index in [0.29, 0.717) is 12.2 Å². The van der Waals surface area contributed by atoms with E-state index in [9.17, 15) is 0 Å². The molecule has 1 aliphatic rings.